The van der Waals surface area contributed by atoms with Crippen molar-refractivity contribution in [2.45, 2.75) is 19.1 Å². The Kier molecular flexibility index (Phi) is 5.65. The second-order valence-electron chi connectivity index (χ2n) is 6.33. The first-order valence-electron chi connectivity index (χ1n) is 8.60. The zero-order valence-electron chi connectivity index (χ0n) is 15.1. The molecule has 1 aromatic heterocycles. The van der Waals surface area contributed by atoms with Crippen molar-refractivity contribution in [1.29, 1.82) is 0 Å². The Labute approximate surface area is 148 Å². The molecule has 25 heavy (non-hydrogen) atoms. The standard InChI is InChI=1S/C18H26N6O/c1-19-18(23(2)12-16-21-13-22-24(16)3)20-11-15-9-10-25-17(15)14-7-5-4-6-8-14/h4-8,13,15,17H,9-12H2,1-3H3,(H,19,20). The zero-order chi connectivity index (χ0) is 17.6. The highest BCUT2D eigenvalue weighted by Crippen LogP contribution is 2.33. The summed E-state index contributed by atoms with van der Waals surface area (Å²) in [4.78, 5) is 10.7. The van der Waals surface area contributed by atoms with Crippen LogP contribution in [0.1, 0.15) is 23.9 Å². The van der Waals surface area contributed by atoms with Gasteiger partial charge in [-0.25, -0.2) is 4.98 Å². The fourth-order valence-electron chi connectivity index (χ4n) is 3.21. The maximum atomic E-state index is 5.96. The van der Waals surface area contributed by atoms with E-state index in [1.165, 1.54) is 5.56 Å². The van der Waals surface area contributed by atoms with E-state index >= 15 is 0 Å². The minimum absolute atomic E-state index is 0.149. The van der Waals surface area contributed by atoms with Crippen molar-refractivity contribution in [3.63, 3.8) is 0 Å². The summed E-state index contributed by atoms with van der Waals surface area (Å²) in [6.45, 7) is 2.29. The number of ether oxygens (including phenoxy) is 1. The lowest BCUT2D eigenvalue weighted by Gasteiger charge is -2.25. The first kappa shape index (κ1) is 17.4. The van der Waals surface area contributed by atoms with E-state index in [9.17, 15) is 0 Å². The summed E-state index contributed by atoms with van der Waals surface area (Å²) in [5.41, 5.74) is 1.24. The molecule has 0 radical (unpaired) electrons. The number of aliphatic imine (C=N–C) groups is 1. The van der Waals surface area contributed by atoms with Crippen LogP contribution in [-0.2, 0) is 18.3 Å². The molecular weight excluding hydrogens is 316 g/mol. The average Bonchev–Trinajstić information content (AvgIpc) is 3.26. The molecule has 0 spiro atoms. The van der Waals surface area contributed by atoms with Crippen molar-refractivity contribution in [2.24, 2.45) is 18.0 Å². The summed E-state index contributed by atoms with van der Waals surface area (Å²) in [7, 11) is 5.70. The number of hydrogen-bond donors (Lipinski definition) is 1. The fourth-order valence-corrected chi connectivity index (χ4v) is 3.21. The summed E-state index contributed by atoms with van der Waals surface area (Å²) >= 11 is 0. The van der Waals surface area contributed by atoms with Crippen molar-refractivity contribution in [3.05, 3.63) is 48.0 Å². The second-order valence-corrected chi connectivity index (χ2v) is 6.33. The number of aryl methyl sites for hydroxylation is 1. The van der Waals surface area contributed by atoms with Gasteiger partial charge in [0.1, 0.15) is 12.2 Å². The van der Waals surface area contributed by atoms with Gasteiger partial charge in [-0.1, -0.05) is 30.3 Å². The Bertz CT molecular complexity index is 699. The number of aromatic nitrogens is 3. The Hall–Kier alpha value is -2.41. The molecule has 134 valence electrons. The lowest BCUT2D eigenvalue weighted by Crippen LogP contribution is -2.41. The van der Waals surface area contributed by atoms with Gasteiger partial charge in [0, 0.05) is 40.2 Å². The highest BCUT2D eigenvalue weighted by Gasteiger charge is 2.29. The van der Waals surface area contributed by atoms with Crippen molar-refractivity contribution in [3.8, 4) is 0 Å². The molecule has 0 bridgehead atoms. The monoisotopic (exact) mass is 342 g/mol. The molecular formula is C18H26N6O. The second kappa shape index (κ2) is 8.11. The lowest BCUT2D eigenvalue weighted by atomic mass is 9.95. The lowest BCUT2D eigenvalue weighted by molar-refractivity contribution is 0.0914. The minimum Gasteiger partial charge on any atom is -0.373 e. The van der Waals surface area contributed by atoms with E-state index in [0.29, 0.717) is 12.5 Å². The molecule has 0 aliphatic carbocycles. The predicted octanol–water partition coefficient (Wildman–Crippen LogP) is 1.60. The van der Waals surface area contributed by atoms with Gasteiger partial charge in [0.2, 0.25) is 0 Å². The highest BCUT2D eigenvalue weighted by molar-refractivity contribution is 5.79. The molecule has 1 aromatic carbocycles. The molecule has 0 saturated carbocycles. The van der Waals surface area contributed by atoms with Crippen molar-refractivity contribution in [1.82, 2.24) is 25.0 Å². The number of benzene rings is 1. The molecule has 1 saturated heterocycles. The van der Waals surface area contributed by atoms with E-state index in [1.54, 1.807) is 18.1 Å². The van der Waals surface area contributed by atoms with Crippen LogP contribution in [0.25, 0.3) is 0 Å². The molecule has 2 unspecified atom stereocenters. The number of nitrogens with one attached hydrogen (secondary N) is 1. The topological polar surface area (TPSA) is 67.6 Å². The van der Waals surface area contributed by atoms with Crippen LogP contribution in [0.2, 0.25) is 0 Å². The van der Waals surface area contributed by atoms with E-state index < -0.39 is 0 Å². The quantitative estimate of drug-likeness (QED) is 0.660. The third-order valence-electron chi connectivity index (χ3n) is 4.62. The fraction of sp³-hybridized carbons (Fsp3) is 0.500. The van der Waals surface area contributed by atoms with Crippen LogP contribution in [0, 0.1) is 5.92 Å². The molecule has 1 fully saturated rings. The van der Waals surface area contributed by atoms with Gasteiger partial charge >= 0.3 is 0 Å². The van der Waals surface area contributed by atoms with Crippen LogP contribution >= 0.6 is 0 Å². The normalized spacial score (nSPS) is 20.7. The number of nitrogens with zero attached hydrogens (tertiary/aromatic N) is 5. The van der Waals surface area contributed by atoms with Crippen LogP contribution in [0.4, 0.5) is 0 Å². The average molecular weight is 342 g/mol. The number of hydrogen-bond acceptors (Lipinski definition) is 4. The predicted molar refractivity (Wildman–Crippen MR) is 97.1 cm³/mol. The summed E-state index contributed by atoms with van der Waals surface area (Å²) in [6.07, 6.45) is 2.77. The number of rotatable bonds is 5. The zero-order valence-corrected chi connectivity index (χ0v) is 15.1. The van der Waals surface area contributed by atoms with E-state index in [0.717, 1.165) is 31.4 Å². The minimum atomic E-state index is 0.149. The van der Waals surface area contributed by atoms with Crippen molar-refractivity contribution < 1.29 is 4.74 Å². The van der Waals surface area contributed by atoms with Gasteiger partial charge in [0.05, 0.1) is 12.6 Å². The first-order valence-corrected chi connectivity index (χ1v) is 8.60. The van der Waals surface area contributed by atoms with E-state index in [1.807, 2.05) is 20.2 Å². The third kappa shape index (κ3) is 4.17. The largest absolute Gasteiger partial charge is 0.373 e. The Morgan fingerprint density at radius 3 is 2.88 bits per heavy atom. The van der Waals surface area contributed by atoms with E-state index in [-0.39, 0.29) is 6.10 Å². The summed E-state index contributed by atoms with van der Waals surface area (Å²) in [5.74, 6) is 2.18. The Balaban J connectivity index is 1.58. The molecule has 2 atom stereocenters. The van der Waals surface area contributed by atoms with Crippen molar-refractivity contribution >= 4 is 5.96 Å². The van der Waals surface area contributed by atoms with Crippen LogP contribution in [0.5, 0.6) is 0 Å². The molecule has 3 rings (SSSR count). The van der Waals surface area contributed by atoms with Gasteiger partial charge in [-0.3, -0.25) is 9.67 Å². The van der Waals surface area contributed by atoms with Crippen LogP contribution in [0.3, 0.4) is 0 Å². The molecule has 7 nitrogen and oxygen atoms in total. The van der Waals surface area contributed by atoms with Gasteiger partial charge in [-0.15, -0.1) is 0 Å². The third-order valence-corrected chi connectivity index (χ3v) is 4.62. The maximum Gasteiger partial charge on any atom is 0.193 e. The molecule has 1 aliphatic heterocycles. The van der Waals surface area contributed by atoms with Crippen molar-refractivity contribution in [2.75, 3.05) is 27.2 Å². The SMILES string of the molecule is CN=C(NCC1CCOC1c1ccccc1)N(C)Cc1ncnn1C. The van der Waals surface area contributed by atoms with Crippen LogP contribution < -0.4 is 5.32 Å². The first-order chi connectivity index (χ1) is 12.2. The maximum absolute atomic E-state index is 5.96. The number of guanidine groups is 1. The summed E-state index contributed by atoms with van der Waals surface area (Å²) in [6, 6.07) is 10.4. The molecule has 7 heteroatoms. The van der Waals surface area contributed by atoms with Gasteiger partial charge < -0.3 is 15.0 Å². The van der Waals surface area contributed by atoms with Crippen LogP contribution in [0.15, 0.2) is 41.7 Å². The summed E-state index contributed by atoms with van der Waals surface area (Å²) in [5, 5.41) is 7.59. The van der Waals surface area contributed by atoms with Gasteiger partial charge in [0.15, 0.2) is 5.96 Å². The molecule has 2 aromatic rings. The van der Waals surface area contributed by atoms with Gasteiger partial charge in [0.25, 0.3) is 0 Å². The Morgan fingerprint density at radius 1 is 1.40 bits per heavy atom. The highest BCUT2D eigenvalue weighted by atomic mass is 16.5. The van der Waals surface area contributed by atoms with Gasteiger partial charge in [-0.05, 0) is 12.0 Å². The van der Waals surface area contributed by atoms with Crippen LogP contribution in [-0.4, -0.2) is 52.9 Å². The molecule has 0 amide bonds. The Morgan fingerprint density at radius 2 is 2.20 bits per heavy atom. The molecule has 1 aliphatic rings. The summed E-state index contributed by atoms with van der Waals surface area (Å²) < 4.78 is 7.74. The smallest absolute Gasteiger partial charge is 0.193 e. The van der Waals surface area contributed by atoms with Gasteiger partial charge in [-0.2, -0.15) is 5.10 Å². The molecule has 1 N–H and O–H groups in total. The van der Waals surface area contributed by atoms with E-state index in [4.69, 9.17) is 4.74 Å². The van der Waals surface area contributed by atoms with E-state index in [2.05, 4.69) is 49.6 Å². The molecule has 2 heterocycles.